The summed E-state index contributed by atoms with van der Waals surface area (Å²) in [4.78, 5) is 18.0. The summed E-state index contributed by atoms with van der Waals surface area (Å²) in [6.07, 6.45) is 2.47. The van der Waals surface area contributed by atoms with Crippen molar-refractivity contribution in [2.75, 3.05) is 0 Å². The van der Waals surface area contributed by atoms with E-state index in [2.05, 4.69) is 28.8 Å². The molecule has 3 aromatic rings. The summed E-state index contributed by atoms with van der Waals surface area (Å²) in [7, 11) is 0. The molecule has 0 radical (unpaired) electrons. The van der Waals surface area contributed by atoms with E-state index < -0.39 is 6.04 Å². The van der Waals surface area contributed by atoms with Gasteiger partial charge >= 0.3 is 0 Å². The fourth-order valence-corrected chi connectivity index (χ4v) is 2.59. The monoisotopic (exact) mass is 291 g/mol. The van der Waals surface area contributed by atoms with Gasteiger partial charge in [0.15, 0.2) is 0 Å². The van der Waals surface area contributed by atoms with Crippen molar-refractivity contribution in [2.45, 2.75) is 12.5 Å². The number of carbonyl (C=O) groups excluding carboxylic acids is 1. The van der Waals surface area contributed by atoms with Crippen molar-refractivity contribution in [2.24, 2.45) is 10.7 Å². The molecule has 4 heteroatoms. The van der Waals surface area contributed by atoms with Crippen molar-refractivity contribution in [1.82, 2.24) is 4.98 Å². The first kappa shape index (κ1) is 14.2. The van der Waals surface area contributed by atoms with Crippen LogP contribution in [-0.4, -0.2) is 23.7 Å². The Morgan fingerprint density at radius 3 is 2.64 bits per heavy atom. The Labute approximate surface area is 128 Å². The van der Waals surface area contributed by atoms with Gasteiger partial charge in [0.2, 0.25) is 0 Å². The molecule has 1 unspecified atom stereocenters. The van der Waals surface area contributed by atoms with Crippen LogP contribution in [0.4, 0.5) is 0 Å². The lowest BCUT2D eigenvalue weighted by atomic mass is 10.0. The highest BCUT2D eigenvalue weighted by molar-refractivity contribution is 5.95. The van der Waals surface area contributed by atoms with Crippen LogP contribution in [0, 0.1) is 0 Å². The van der Waals surface area contributed by atoms with Crippen molar-refractivity contribution in [3.63, 3.8) is 0 Å². The van der Waals surface area contributed by atoms with Gasteiger partial charge in [-0.15, -0.1) is 0 Å². The Bertz CT molecular complexity index is 818. The first-order chi connectivity index (χ1) is 10.7. The number of aromatic amines is 1. The van der Waals surface area contributed by atoms with Crippen LogP contribution < -0.4 is 5.73 Å². The minimum absolute atomic E-state index is 0.374. The van der Waals surface area contributed by atoms with Gasteiger partial charge in [-0.1, -0.05) is 42.5 Å². The minimum Gasteiger partial charge on any atom is -0.361 e. The summed E-state index contributed by atoms with van der Waals surface area (Å²) in [5.74, 6) is -0.374. The summed E-state index contributed by atoms with van der Waals surface area (Å²) in [6, 6.07) is 15.6. The SMILES string of the molecule is C=NC(=O)C(N)Cc1ccc(-c2c[nH]c3ccccc23)cc1. The number of H-pyrrole nitrogens is 1. The van der Waals surface area contributed by atoms with Crippen molar-refractivity contribution in [1.29, 1.82) is 0 Å². The van der Waals surface area contributed by atoms with E-state index in [0.29, 0.717) is 6.42 Å². The van der Waals surface area contributed by atoms with Gasteiger partial charge in [0.1, 0.15) is 0 Å². The molecule has 1 atom stereocenters. The fourth-order valence-electron chi connectivity index (χ4n) is 2.59. The van der Waals surface area contributed by atoms with E-state index in [4.69, 9.17) is 5.73 Å². The standard InChI is InChI=1S/C18H17N3O/c1-20-18(22)16(19)10-12-6-8-13(9-7-12)15-11-21-17-5-3-2-4-14(15)17/h2-9,11,16,21H,1,10,19H2. The molecule has 110 valence electrons. The molecule has 0 aliphatic heterocycles. The van der Waals surface area contributed by atoms with Gasteiger partial charge in [-0.25, -0.2) is 4.99 Å². The smallest absolute Gasteiger partial charge is 0.262 e. The molecule has 0 aliphatic rings. The lowest BCUT2D eigenvalue weighted by Crippen LogP contribution is -2.31. The number of hydrogen-bond donors (Lipinski definition) is 2. The maximum absolute atomic E-state index is 11.4. The van der Waals surface area contributed by atoms with Crippen molar-refractivity contribution in [3.8, 4) is 11.1 Å². The first-order valence-electron chi connectivity index (χ1n) is 7.10. The fraction of sp³-hybridized carbons (Fsp3) is 0.111. The molecule has 2 aromatic carbocycles. The maximum Gasteiger partial charge on any atom is 0.262 e. The summed E-state index contributed by atoms with van der Waals surface area (Å²) in [5, 5.41) is 1.19. The van der Waals surface area contributed by atoms with Gasteiger partial charge in [0, 0.05) is 22.7 Å². The lowest BCUT2D eigenvalue weighted by molar-refractivity contribution is -0.118. The third-order valence-electron chi connectivity index (χ3n) is 3.78. The quantitative estimate of drug-likeness (QED) is 0.725. The van der Waals surface area contributed by atoms with Gasteiger partial charge < -0.3 is 10.7 Å². The Morgan fingerprint density at radius 2 is 1.91 bits per heavy atom. The largest absolute Gasteiger partial charge is 0.361 e. The van der Waals surface area contributed by atoms with Gasteiger partial charge in [0.05, 0.1) is 6.04 Å². The second-order valence-corrected chi connectivity index (χ2v) is 5.25. The van der Waals surface area contributed by atoms with E-state index in [1.807, 2.05) is 42.6 Å². The highest BCUT2D eigenvalue weighted by atomic mass is 16.1. The molecule has 0 saturated heterocycles. The lowest BCUT2D eigenvalue weighted by Gasteiger charge is -2.08. The minimum atomic E-state index is -0.628. The normalized spacial score (nSPS) is 12.2. The molecular weight excluding hydrogens is 274 g/mol. The molecular formula is C18H17N3O. The van der Waals surface area contributed by atoms with Gasteiger partial charge in [-0.2, -0.15) is 0 Å². The Hall–Kier alpha value is -2.72. The van der Waals surface area contributed by atoms with Crippen LogP contribution in [0.2, 0.25) is 0 Å². The number of fused-ring (bicyclic) bond motifs is 1. The molecule has 3 N–H and O–H groups in total. The zero-order valence-electron chi connectivity index (χ0n) is 12.1. The number of aromatic nitrogens is 1. The first-order valence-corrected chi connectivity index (χ1v) is 7.10. The predicted octanol–water partition coefficient (Wildman–Crippen LogP) is 2.93. The van der Waals surface area contributed by atoms with Gasteiger partial charge in [-0.05, 0) is 30.3 Å². The van der Waals surface area contributed by atoms with Crippen LogP contribution in [0.3, 0.4) is 0 Å². The zero-order chi connectivity index (χ0) is 15.5. The van der Waals surface area contributed by atoms with Crippen LogP contribution in [0.15, 0.2) is 59.7 Å². The number of benzene rings is 2. The molecule has 3 rings (SSSR count). The molecule has 1 aromatic heterocycles. The van der Waals surface area contributed by atoms with Crippen molar-refractivity contribution >= 4 is 23.5 Å². The topological polar surface area (TPSA) is 71.2 Å². The second-order valence-electron chi connectivity index (χ2n) is 5.25. The number of para-hydroxylation sites is 1. The molecule has 4 nitrogen and oxygen atoms in total. The van der Waals surface area contributed by atoms with Gasteiger partial charge in [0.25, 0.3) is 5.91 Å². The van der Waals surface area contributed by atoms with E-state index in [1.165, 1.54) is 5.39 Å². The zero-order valence-corrected chi connectivity index (χ0v) is 12.1. The van der Waals surface area contributed by atoms with Crippen LogP contribution in [0.1, 0.15) is 5.56 Å². The number of aliphatic imine (C=N–C) groups is 1. The number of rotatable bonds is 4. The summed E-state index contributed by atoms with van der Waals surface area (Å²) < 4.78 is 0. The third kappa shape index (κ3) is 2.69. The highest BCUT2D eigenvalue weighted by Gasteiger charge is 2.12. The van der Waals surface area contributed by atoms with E-state index in [0.717, 1.165) is 22.2 Å². The van der Waals surface area contributed by atoms with Crippen LogP contribution >= 0.6 is 0 Å². The molecule has 0 spiro atoms. The molecule has 0 saturated carbocycles. The third-order valence-corrected chi connectivity index (χ3v) is 3.78. The van der Waals surface area contributed by atoms with Crippen molar-refractivity contribution < 1.29 is 4.79 Å². The molecule has 22 heavy (non-hydrogen) atoms. The van der Waals surface area contributed by atoms with E-state index in [-0.39, 0.29) is 5.91 Å². The highest BCUT2D eigenvalue weighted by Crippen LogP contribution is 2.28. The number of amides is 1. The van der Waals surface area contributed by atoms with E-state index >= 15 is 0 Å². The number of carbonyl (C=O) groups is 1. The second kappa shape index (κ2) is 5.95. The Morgan fingerprint density at radius 1 is 1.18 bits per heavy atom. The number of hydrogen-bond acceptors (Lipinski definition) is 2. The van der Waals surface area contributed by atoms with Gasteiger partial charge in [-0.3, -0.25) is 4.79 Å². The molecule has 0 fully saturated rings. The predicted molar refractivity (Wildman–Crippen MR) is 90.0 cm³/mol. The number of nitrogens with two attached hydrogens (primary N) is 1. The van der Waals surface area contributed by atoms with E-state index in [1.54, 1.807) is 0 Å². The average Bonchev–Trinajstić information content (AvgIpc) is 2.99. The van der Waals surface area contributed by atoms with Crippen molar-refractivity contribution in [3.05, 3.63) is 60.3 Å². The summed E-state index contributed by atoms with van der Waals surface area (Å²) in [5.41, 5.74) is 10.2. The van der Waals surface area contributed by atoms with Crippen LogP contribution in [-0.2, 0) is 11.2 Å². The van der Waals surface area contributed by atoms with Crippen LogP contribution in [0.5, 0.6) is 0 Å². The Balaban J connectivity index is 1.85. The number of nitrogens with zero attached hydrogens (tertiary/aromatic N) is 1. The molecule has 0 bridgehead atoms. The molecule has 0 aliphatic carbocycles. The molecule has 1 amide bonds. The average molecular weight is 291 g/mol. The summed E-state index contributed by atoms with van der Waals surface area (Å²) >= 11 is 0. The summed E-state index contributed by atoms with van der Waals surface area (Å²) in [6.45, 7) is 3.22. The maximum atomic E-state index is 11.4. The van der Waals surface area contributed by atoms with E-state index in [9.17, 15) is 4.79 Å². The van der Waals surface area contributed by atoms with Crippen LogP contribution in [0.25, 0.3) is 22.0 Å². The molecule has 1 heterocycles. The number of nitrogens with one attached hydrogen (secondary N) is 1. The Kier molecular flexibility index (Phi) is 3.85.